The van der Waals surface area contributed by atoms with Crippen molar-refractivity contribution < 1.29 is 9.90 Å². The minimum absolute atomic E-state index is 0.0801. The molecule has 2 aromatic rings. The molecular weight excluding hydrogens is 276 g/mol. The van der Waals surface area contributed by atoms with Gasteiger partial charge in [0.1, 0.15) is 0 Å². The first-order chi connectivity index (χ1) is 9.51. The number of benzene rings is 1. The number of para-hydroxylation sites is 1. The summed E-state index contributed by atoms with van der Waals surface area (Å²) in [6, 6.07) is 7.18. The normalized spacial score (nSPS) is 16.2. The number of thioether (sulfide) groups is 1. The van der Waals surface area contributed by atoms with Gasteiger partial charge in [-0.25, -0.2) is 4.98 Å². The average molecular weight is 290 g/mol. The third-order valence-electron chi connectivity index (χ3n) is 3.58. The van der Waals surface area contributed by atoms with E-state index in [1.54, 1.807) is 16.7 Å². The predicted molar refractivity (Wildman–Crippen MR) is 77.2 cm³/mol. The summed E-state index contributed by atoms with van der Waals surface area (Å²) in [5.74, 6) is -1.01. The highest BCUT2D eigenvalue weighted by Gasteiger charge is 2.42. The van der Waals surface area contributed by atoms with E-state index in [-0.39, 0.29) is 16.9 Å². The lowest BCUT2D eigenvalue weighted by atomic mass is 10.2. The van der Waals surface area contributed by atoms with E-state index in [0.717, 1.165) is 24.6 Å². The molecule has 1 saturated carbocycles. The van der Waals surface area contributed by atoms with Crippen molar-refractivity contribution in [2.45, 2.75) is 30.5 Å². The van der Waals surface area contributed by atoms with Crippen LogP contribution in [0, 0.1) is 0 Å². The molecule has 0 saturated heterocycles. The van der Waals surface area contributed by atoms with Gasteiger partial charge in [-0.1, -0.05) is 23.9 Å². The lowest BCUT2D eigenvalue weighted by Crippen LogP contribution is -2.31. The Morgan fingerprint density at radius 1 is 1.45 bits per heavy atom. The highest BCUT2D eigenvalue weighted by atomic mass is 32.2. The van der Waals surface area contributed by atoms with E-state index in [1.165, 1.54) is 0 Å². The average Bonchev–Trinajstić information content (AvgIpc) is 3.15. The molecule has 0 aliphatic heterocycles. The number of rotatable bonds is 4. The third-order valence-corrected chi connectivity index (χ3v) is 4.51. The van der Waals surface area contributed by atoms with Crippen molar-refractivity contribution in [1.29, 1.82) is 0 Å². The number of hydrogen-bond acceptors (Lipinski definition) is 4. The van der Waals surface area contributed by atoms with Gasteiger partial charge < -0.3 is 5.11 Å². The highest BCUT2D eigenvalue weighted by Crippen LogP contribution is 2.43. The number of fused-ring (bicyclic) bond motifs is 1. The van der Waals surface area contributed by atoms with Crippen LogP contribution in [0.2, 0.25) is 0 Å². The van der Waals surface area contributed by atoms with Crippen LogP contribution in [-0.4, -0.2) is 26.4 Å². The van der Waals surface area contributed by atoms with Gasteiger partial charge in [-0.3, -0.25) is 14.2 Å². The van der Waals surface area contributed by atoms with Crippen molar-refractivity contribution in [3.05, 3.63) is 34.6 Å². The number of carboxylic acid groups (broad SMARTS) is 1. The SMILES string of the molecule is CC1(n2c(SCC(=O)O)nc3ccccc3c2=O)CC1. The minimum atomic E-state index is -0.912. The number of hydrogen-bond donors (Lipinski definition) is 1. The molecule has 1 aliphatic carbocycles. The van der Waals surface area contributed by atoms with Gasteiger partial charge >= 0.3 is 5.97 Å². The molecule has 1 fully saturated rings. The predicted octanol–water partition coefficient (Wildman–Crippen LogP) is 2.08. The van der Waals surface area contributed by atoms with E-state index in [4.69, 9.17) is 5.11 Å². The summed E-state index contributed by atoms with van der Waals surface area (Å²) in [7, 11) is 0. The molecule has 0 amide bonds. The number of aromatic nitrogens is 2. The molecule has 1 aromatic carbocycles. The maximum atomic E-state index is 12.6. The Bertz CT molecular complexity index is 750. The maximum absolute atomic E-state index is 12.6. The Labute approximate surface area is 119 Å². The molecule has 6 heteroatoms. The van der Waals surface area contributed by atoms with Crippen LogP contribution in [-0.2, 0) is 10.3 Å². The molecular formula is C14H14N2O3S. The van der Waals surface area contributed by atoms with Crippen LogP contribution in [0.25, 0.3) is 10.9 Å². The maximum Gasteiger partial charge on any atom is 0.313 e. The molecule has 0 unspecified atom stereocenters. The Morgan fingerprint density at radius 3 is 2.80 bits per heavy atom. The second-order valence-electron chi connectivity index (χ2n) is 5.23. The van der Waals surface area contributed by atoms with E-state index in [2.05, 4.69) is 4.98 Å². The van der Waals surface area contributed by atoms with Gasteiger partial charge in [0.05, 0.1) is 16.7 Å². The van der Waals surface area contributed by atoms with Crippen molar-refractivity contribution in [3.63, 3.8) is 0 Å². The second kappa shape index (κ2) is 4.63. The van der Waals surface area contributed by atoms with Crippen molar-refractivity contribution in [2.75, 3.05) is 5.75 Å². The summed E-state index contributed by atoms with van der Waals surface area (Å²) in [5.41, 5.74) is 0.323. The Morgan fingerprint density at radius 2 is 2.15 bits per heavy atom. The fourth-order valence-corrected chi connectivity index (χ4v) is 3.06. The molecule has 0 atom stereocenters. The van der Waals surface area contributed by atoms with Crippen molar-refractivity contribution >= 4 is 28.6 Å². The fourth-order valence-electron chi connectivity index (χ4n) is 2.22. The minimum Gasteiger partial charge on any atom is -0.481 e. The summed E-state index contributed by atoms with van der Waals surface area (Å²) in [6.45, 7) is 2.01. The Hall–Kier alpha value is -1.82. The number of carboxylic acids is 1. The van der Waals surface area contributed by atoms with Crippen LogP contribution in [0.3, 0.4) is 0 Å². The molecule has 1 heterocycles. The van der Waals surface area contributed by atoms with Crippen LogP contribution in [0.1, 0.15) is 19.8 Å². The van der Waals surface area contributed by atoms with Crippen LogP contribution >= 0.6 is 11.8 Å². The van der Waals surface area contributed by atoms with Crippen LogP contribution < -0.4 is 5.56 Å². The summed E-state index contributed by atoms with van der Waals surface area (Å²) < 4.78 is 1.67. The smallest absolute Gasteiger partial charge is 0.313 e. The van der Waals surface area contributed by atoms with Crippen LogP contribution in [0.4, 0.5) is 0 Å². The first-order valence-corrected chi connectivity index (χ1v) is 7.37. The van der Waals surface area contributed by atoms with E-state index in [9.17, 15) is 9.59 Å². The zero-order valence-electron chi connectivity index (χ0n) is 11.0. The van der Waals surface area contributed by atoms with Gasteiger partial charge in [-0.05, 0) is 31.9 Å². The van der Waals surface area contributed by atoms with E-state index < -0.39 is 5.97 Å². The van der Waals surface area contributed by atoms with Crippen molar-refractivity contribution in [1.82, 2.24) is 9.55 Å². The highest BCUT2D eigenvalue weighted by molar-refractivity contribution is 7.99. The lowest BCUT2D eigenvalue weighted by Gasteiger charge is -2.18. The summed E-state index contributed by atoms with van der Waals surface area (Å²) in [5, 5.41) is 9.91. The molecule has 0 bridgehead atoms. The zero-order chi connectivity index (χ0) is 14.3. The van der Waals surface area contributed by atoms with E-state index in [1.807, 2.05) is 19.1 Å². The molecule has 104 valence electrons. The molecule has 1 aromatic heterocycles. The van der Waals surface area contributed by atoms with Gasteiger partial charge in [0.2, 0.25) is 0 Å². The first kappa shape index (κ1) is 13.2. The van der Waals surface area contributed by atoms with E-state index >= 15 is 0 Å². The summed E-state index contributed by atoms with van der Waals surface area (Å²) in [4.78, 5) is 27.9. The molecule has 1 aliphatic rings. The number of carbonyl (C=O) groups is 1. The fraction of sp³-hybridized carbons (Fsp3) is 0.357. The number of nitrogens with zero attached hydrogens (tertiary/aromatic N) is 2. The van der Waals surface area contributed by atoms with Crippen molar-refractivity contribution in [2.24, 2.45) is 0 Å². The van der Waals surface area contributed by atoms with Crippen LogP contribution in [0.15, 0.2) is 34.2 Å². The zero-order valence-corrected chi connectivity index (χ0v) is 11.8. The molecule has 1 N–H and O–H groups in total. The van der Waals surface area contributed by atoms with Gasteiger partial charge in [-0.15, -0.1) is 0 Å². The monoisotopic (exact) mass is 290 g/mol. The molecule has 0 spiro atoms. The first-order valence-electron chi connectivity index (χ1n) is 6.38. The standard InChI is InChI=1S/C14H14N2O3S/c1-14(6-7-14)16-12(19)9-4-2-3-5-10(9)15-13(16)20-8-11(17)18/h2-5H,6-8H2,1H3,(H,17,18). The van der Waals surface area contributed by atoms with Gasteiger partial charge in [-0.2, -0.15) is 0 Å². The quantitative estimate of drug-likeness (QED) is 0.689. The van der Waals surface area contributed by atoms with Crippen molar-refractivity contribution in [3.8, 4) is 0 Å². The van der Waals surface area contributed by atoms with Gasteiger partial charge in [0.25, 0.3) is 5.56 Å². The van der Waals surface area contributed by atoms with E-state index in [0.29, 0.717) is 16.1 Å². The third kappa shape index (κ3) is 2.20. The summed E-state index contributed by atoms with van der Waals surface area (Å²) >= 11 is 1.10. The topological polar surface area (TPSA) is 72.2 Å². The van der Waals surface area contributed by atoms with Crippen LogP contribution in [0.5, 0.6) is 0 Å². The van der Waals surface area contributed by atoms with Gasteiger partial charge in [0, 0.05) is 5.54 Å². The Kier molecular flexibility index (Phi) is 3.05. The molecule has 20 heavy (non-hydrogen) atoms. The number of aliphatic carboxylic acids is 1. The largest absolute Gasteiger partial charge is 0.481 e. The lowest BCUT2D eigenvalue weighted by molar-refractivity contribution is -0.133. The molecule has 0 radical (unpaired) electrons. The molecule has 3 rings (SSSR count). The second-order valence-corrected chi connectivity index (χ2v) is 6.17. The summed E-state index contributed by atoms with van der Waals surface area (Å²) in [6.07, 6.45) is 1.85. The Balaban J connectivity index is 2.20. The molecule has 5 nitrogen and oxygen atoms in total. The van der Waals surface area contributed by atoms with Gasteiger partial charge in [0.15, 0.2) is 5.16 Å².